The summed E-state index contributed by atoms with van der Waals surface area (Å²) in [5, 5.41) is 27.0. The second kappa shape index (κ2) is 10.6. The number of carbonyl (C=O) groups excluding carboxylic acids is 1. The molecule has 4 atom stereocenters. The van der Waals surface area contributed by atoms with Gasteiger partial charge in [0, 0.05) is 38.3 Å². The van der Waals surface area contributed by atoms with Gasteiger partial charge in [0.05, 0.1) is 22.2 Å². The van der Waals surface area contributed by atoms with E-state index in [1.54, 1.807) is 18.2 Å². The van der Waals surface area contributed by atoms with E-state index in [4.69, 9.17) is 4.99 Å². The number of anilines is 3. The number of hydrogen-bond acceptors (Lipinski definition) is 8. The van der Waals surface area contributed by atoms with Crippen molar-refractivity contribution >= 4 is 65.7 Å². The van der Waals surface area contributed by atoms with Crippen LogP contribution < -0.4 is 26.5 Å². The molecular formula is C40H42N4O5S. The summed E-state index contributed by atoms with van der Waals surface area (Å²) in [5.74, 6) is 1.43. The lowest BCUT2D eigenvalue weighted by Gasteiger charge is -2.48. The highest BCUT2D eigenvalue weighted by atomic mass is 32.2. The molecule has 5 N–H and O–H groups in total. The molecule has 0 saturated heterocycles. The average molecular weight is 691 g/mol. The first-order chi connectivity index (χ1) is 23.7. The van der Waals surface area contributed by atoms with E-state index in [1.807, 2.05) is 18.2 Å². The molecule has 4 aromatic rings. The predicted molar refractivity (Wildman–Crippen MR) is 197 cm³/mol. The summed E-state index contributed by atoms with van der Waals surface area (Å²) in [4.78, 5) is 19.5. The summed E-state index contributed by atoms with van der Waals surface area (Å²) in [6.45, 7) is 8.99. The summed E-state index contributed by atoms with van der Waals surface area (Å²) >= 11 is 0. The van der Waals surface area contributed by atoms with Crippen molar-refractivity contribution in [2.24, 2.45) is 28.7 Å². The van der Waals surface area contributed by atoms with Crippen LogP contribution in [0.15, 0.2) is 70.2 Å². The van der Waals surface area contributed by atoms with E-state index in [0.717, 1.165) is 60.7 Å². The van der Waals surface area contributed by atoms with Gasteiger partial charge in [-0.15, -0.1) is 0 Å². The second-order valence-corrected chi connectivity index (χ2v) is 17.5. The Hall–Kier alpha value is -4.41. The lowest BCUT2D eigenvalue weighted by atomic mass is 9.74. The molecule has 2 aliphatic heterocycles. The Bertz CT molecular complexity index is 2450. The van der Waals surface area contributed by atoms with E-state index in [0.29, 0.717) is 56.3 Å². The Labute approximate surface area is 291 Å². The van der Waals surface area contributed by atoms with Crippen LogP contribution in [-0.2, 0) is 14.9 Å². The Balaban J connectivity index is 1.28. The maximum atomic E-state index is 14.5. The number of carbonyl (C=O) groups is 1. The maximum Gasteiger partial charge on any atom is 0.295 e. The van der Waals surface area contributed by atoms with Gasteiger partial charge in [0.2, 0.25) is 5.78 Å². The zero-order valence-electron chi connectivity index (χ0n) is 28.7. The average Bonchev–Trinajstić information content (AvgIpc) is 3.01. The van der Waals surface area contributed by atoms with Crippen LogP contribution in [0, 0.1) is 23.7 Å². The number of ketones is 1. The van der Waals surface area contributed by atoms with Crippen molar-refractivity contribution in [3.63, 3.8) is 0 Å². The molecule has 2 fully saturated rings. The molecule has 2 heterocycles. The summed E-state index contributed by atoms with van der Waals surface area (Å²) in [7, 11) is -4.55. The van der Waals surface area contributed by atoms with Gasteiger partial charge in [-0.2, -0.15) is 8.42 Å². The standard InChI is InChI=1S/C40H42N4O5S/c1-20-14-21(2)17-39(16-20)41-28-7-5-6-24-8-9-26(35(43-39)31(24)28)33-37(45)34(38(33)46)27-11-10-25-30(50(47,48)49)13-12-29-32(25)36(27)44-40(42-29)18-22(3)15-23(4)19-40/h5-13,20-23,41-43,45H,14-19H2,1-4H3,(H,47,48,49)/b34-27-. The molecule has 0 bridgehead atoms. The molecule has 0 radical (unpaired) electrons. The predicted octanol–water partition coefficient (Wildman–Crippen LogP) is 7.13. The van der Waals surface area contributed by atoms with E-state index in [2.05, 4.69) is 55.8 Å². The van der Waals surface area contributed by atoms with Gasteiger partial charge in [0.1, 0.15) is 22.0 Å². The first-order valence-electron chi connectivity index (χ1n) is 17.8. The van der Waals surface area contributed by atoms with Gasteiger partial charge in [0.15, 0.2) is 0 Å². The lowest BCUT2D eigenvalue weighted by molar-refractivity contribution is -0.109. The lowest BCUT2D eigenvalue weighted by Crippen LogP contribution is -2.53. The van der Waals surface area contributed by atoms with E-state index in [-0.39, 0.29) is 33.2 Å². The van der Waals surface area contributed by atoms with Crippen LogP contribution in [0.2, 0.25) is 0 Å². The smallest absolute Gasteiger partial charge is 0.295 e. The second-order valence-electron chi connectivity index (χ2n) is 16.1. The molecule has 9 nitrogen and oxygen atoms in total. The fourth-order valence-electron chi connectivity index (χ4n) is 10.4. The van der Waals surface area contributed by atoms with E-state index >= 15 is 0 Å². The maximum absolute atomic E-state index is 14.5. The molecular weight excluding hydrogens is 649 g/mol. The molecule has 50 heavy (non-hydrogen) atoms. The third-order valence-corrected chi connectivity index (χ3v) is 12.6. The van der Waals surface area contributed by atoms with Crippen LogP contribution in [0.3, 0.4) is 0 Å². The summed E-state index contributed by atoms with van der Waals surface area (Å²) in [6, 6.07) is 16.5. The third-order valence-electron chi connectivity index (χ3n) is 11.7. The minimum absolute atomic E-state index is 0.0981. The summed E-state index contributed by atoms with van der Waals surface area (Å²) in [6.07, 6.45) is 5.63. The van der Waals surface area contributed by atoms with Gasteiger partial charge in [-0.1, -0.05) is 64.1 Å². The van der Waals surface area contributed by atoms with Crippen LogP contribution in [0.5, 0.6) is 0 Å². The number of hydrogen-bond donors (Lipinski definition) is 5. The number of benzene rings is 4. The monoisotopic (exact) mass is 690 g/mol. The van der Waals surface area contributed by atoms with Crippen molar-refractivity contribution in [3.8, 4) is 0 Å². The molecule has 4 aromatic carbocycles. The highest BCUT2D eigenvalue weighted by molar-refractivity contribution is 7.86. The molecule has 9 rings (SSSR count). The summed E-state index contributed by atoms with van der Waals surface area (Å²) in [5.41, 5.74) is 2.63. The summed E-state index contributed by atoms with van der Waals surface area (Å²) < 4.78 is 35.1. The minimum Gasteiger partial charge on any atom is -0.506 e. The number of rotatable bonds is 2. The minimum atomic E-state index is -4.55. The van der Waals surface area contributed by atoms with Crippen molar-refractivity contribution in [1.29, 1.82) is 0 Å². The SMILES string of the molecule is CC1CC(C)CC2(C1)N=c1/c(=C3\C(=O)C(c4ccc5cccc6c5c4NC4(CC(C)CC(C)C4)N6)=C3O)ccc3c(S(=O)(=O)O)ccc(c13)N2. The number of aliphatic hydroxyl groups is 1. The third kappa shape index (κ3) is 4.64. The molecule has 3 aliphatic carbocycles. The van der Waals surface area contributed by atoms with Gasteiger partial charge in [-0.3, -0.25) is 14.3 Å². The van der Waals surface area contributed by atoms with Crippen LogP contribution in [0.4, 0.5) is 17.1 Å². The van der Waals surface area contributed by atoms with Crippen LogP contribution >= 0.6 is 0 Å². The first-order valence-corrected chi connectivity index (χ1v) is 19.3. The Morgan fingerprint density at radius 2 is 1.44 bits per heavy atom. The Kier molecular flexibility index (Phi) is 6.66. The molecule has 4 unspecified atom stereocenters. The van der Waals surface area contributed by atoms with Crippen LogP contribution in [0.25, 0.3) is 32.7 Å². The highest BCUT2D eigenvalue weighted by Gasteiger charge is 2.45. The van der Waals surface area contributed by atoms with Gasteiger partial charge in [-0.25, -0.2) is 0 Å². The normalized spacial score (nSPS) is 31.3. The van der Waals surface area contributed by atoms with Gasteiger partial charge < -0.3 is 21.1 Å². The largest absolute Gasteiger partial charge is 0.506 e. The van der Waals surface area contributed by atoms with E-state index in [1.165, 1.54) is 6.07 Å². The highest BCUT2D eigenvalue weighted by Crippen LogP contribution is 2.50. The fraction of sp³-hybridized carbons (Fsp3) is 0.400. The van der Waals surface area contributed by atoms with Crippen molar-refractivity contribution in [1.82, 2.24) is 0 Å². The van der Waals surface area contributed by atoms with Crippen molar-refractivity contribution in [2.75, 3.05) is 16.0 Å². The number of aliphatic hydroxyl groups excluding tert-OH is 1. The molecule has 2 spiro atoms. The number of allylic oxidation sites excluding steroid dienone is 2. The topological polar surface area (TPSA) is 140 Å². The van der Waals surface area contributed by atoms with Gasteiger partial charge >= 0.3 is 0 Å². The fourth-order valence-corrected chi connectivity index (χ4v) is 11.1. The molecule has 10 heteroatoms. The van der Waals surface area contributed by atoms with Crippen molar-refractivity contribution < 1.29 is 22.9 Å². The van der Waals surface area contributed by atoms with Crippen LogP contribution in [0.1, 0.15) is 71.8 Å². The number of Topliss-reactive ketones (excluding diaryl/α,β-unsaturated/α-hetero) is 1. The number of nitrogens with zero attached hydrogens (tertiary/aromatic N) is 1. The quantitative estimate of drug-likeness (QED) is 0.140. The Morgan fingerprint density at radius 3 is 2.12 bits per heavy atom. The Morgan fingerprint density at radius 1 is 0.760 bits per heavy atom. The number of nitrogens with one attached hydrogen (secondary N) is 3. The molecule has 2 saturated carbocycles. The van der Waals surface area contributed by atoms with Crippen molar-refractivity contribution in [3.05, 3.63) is 76.5 Å². The van der Waals surface area contributed by atoms with E-state index in [9.17, 15) is 22.9 Å². The molecule has 0 amide bonds. The zero-order chi connectivity index (χ0) is 34.9. The molecule has 5 aliphatic rings. The first kappa shape index (κ1) is 31.6. The van der Waals surface area contributed by atoms with Crippen LogP contribution in [-0.4, -0.2) is 35.2 Å². The van der Waals surface area contributed by atoms with Gasteiger partial charge in [-0.05, 0) is 85.8 Å². The van der Waals surface area contributed by atoms with E-state index < -0.39 is 15.8 Å². The van der Waals surface area contributed by atoms with Gasteiger partial charge in [0.25, 0.3) is 10.1 Å². The molecule has 0 aromatic heterocycles. The zero-order valence-corrected chi connectivity index (χ0v) is 29.5. The molecule has 258 valence electrons. The van der Waals surface area contributed by atoms with Crippen molar-refractivity contribution in [2.45, 2.75) is 82.4 Å².